The van der Waals surface area contributed by atoms with Crippen molar-refractivity contribution in [3.63, 3.8) is 0 Å². The Morgan fingerprint density at radius 1 is 1.43 bits per heavy atom. The maximum atomic E-state index is 12.2. The van der Waals surface area contributed by atoms with Gasteiger partial charge in [-0.15, -0.1) is 10.2 Å². The molecule has 23 heavy (non-hydrogen) atoms. The Morgan fingerprint density at radius 3 is 3.00 bits per heavy atom. The fourth-order valence-electron chi connectivity index (χ4n) is 2.28. The monoisotopic (exact) mass is 332 g/mol. The van der Waals surface area contributed by atoms with Crippen molar-refractivity contribution in [2.75, 3.05) is 23.3 Å². The first kappa shape index (κ1) is 15.4. The number of hydrogen-bond acceptors (Lipinski definition) is 7. The number of aromatic nitrogens is 2. The van der Waals surface area contributed by atoms with Crippen molar-refractivity contribution in [2.45, 2.75) is 20.3 Å². The van der Waals surface area contributed by atoms with Crippen LogP contribution in [0, 0.1) is 6.92 Å². The highest BCUT2D eigenvalue weighted by Gasteiger charge is 2.26. The molecule has 1 aromatic heterocycles. The maximum Gasteiger partial charge on any atom is 0.331 e. The summed E-state index contributed by atoms with van der Waals surface area (Å²) in [4.78, 5) is 25.6. The average Bonchev–Trinajstić information content (AvgIpc) is 2.93. The fourth-order valence-corrected chi connectivity index (χ4v) is 2.98. The predicted octanol–water partition coefficient (Wildman–Crippen LogP) is 1.77. The van der Waals surface area contributed by atoms with Crippen molar-refractivity contribution in [3.8, 4) is 5.75 Å². The first-order chi connectivity index (χ1) is 11.0. The molecule has 0 radical (unpaired) electrons. The summed E-state index contributed by atoms with van der Waals surface area (Å²) in [7, 11) is 0. The van der Waals surface area contributed by atoms with Gasteiger partial charge in [0.2, 0.25) is 11.0 Å². The van der Waals surface area contributed by atoms with Gasteiger partial charge in [0, 0.05) is 0 Å². The second-order valence-corrected chi connectivity index (χ2v) is 6.27. The van der Waals surface area contributed by atoms with E-state index < -0.39 is 0 Å². The average molecular weight is 332 g/mol. The van der Waals surface area contributed by atoms with Gasteiger partial charge in [-0.3, -0.25) is 10.1 Å². The van der Waals surface area contributed by atoms with E-state index in [2.05, 4.69) is 15.5 Å². The minimum atomic E-state index is -0.375. The minimum absolute atomic E-state index is 0.0415. The molecule has 120 valence electrons. The number of anilines is 2. The van der Waals surface area contributed by atoms with E-state index in [1.54, 1.807) is 11.0 Å². The zero-order chi connectivity index (χ0) is 16.4. The number of amides is 1. The Hall–Kier alpha value is -2.48. The van der Waals surface area contributed by atoms with Crippen molar-refractivity contribution in [3.05, 3.63) is 28.8 Å². The third-order valence-corrected chi connectivity index (χ3v) is 4.33. The Kier molecular flexibility index (Phi) is 4.24. The SMILES string of the molecule is CCc1nnc(NC(=O)CN2CC(=O)Oc3cc(C)ccc32)s1. The van der Waals surface area contributed by atoms with Gasteiger partial charge in [-0.1, -0.05) is 24.3 Å². The normalized spacial score (nSPS) is 13.5. The lowest BCUT2D eigenvalue weighted by Crippen LogP contribution is -2.41. The second kappa shape index (κ2) is 6.33. The van der Waals surface area contributed by atoms with Crippen LogP contribution < -0.4 is 15.0 Å². The second-order valence-electron chi connectivity index (χ2n) is 5.20. The van der Waals surface area contributed by atoms with Crippen LogP contribution >= 0.6 is 11.3 Å². The standard InChI is InChI=1S/C15H16N4O3S/c1-3-13-17-18-15(23-13)16-12(20)7-19-8-14(21)22-11-6-9(2)4-5-10(11)19/h4-6H,3,7-8H2,1-2H3,(H,16,18,20). The van der Waals surface area contributed by atoms with Gasteiger partial charge in [-0.25, -0.2) is 4.79 Å². The quantitative estimate of drug-likeness (QED) is 0.678. The number of carbonyl (C=O) groups excluding carboxylic acids is 2. The Morgan fingerprint density at radius 2 is 2.26 bits per heavy atom. The molecule has 0 saturated carbocycles. The summed E-state index contributed by atoms with van der Waals surface area (Å²) in [5.74, 6) is -0.136. The number of carbonyl (C=O) groups is 2. The van der Waals surface area contributed by atoms with E-state index in [1.807, 2.05) is 26.0 Å². The summed E-state index contributed by atoms with van der Waals surface area (Å²) in [6.07, 6.45) is 0.776. The maximum absolute atomic E-state index is 12.2. The molecule has 1 N–H and O–H groups in total. The van der Waals surface area contributed by atoms with Gasteiger partial charge in [0.05, 0.1) is 12.2 Å². The number of benzene rings is 1. The molecule has 8 heteroatoms. The van der Waals surface area contributed by atoms with Crippen LogP contribution in [0.4, 0.5) is 10.8 Å². The summed E-state index contributed by atoms with van der Waals surface area (Å²) in [5.41, 5.74) is 1.72. The van der Waals surface area contributed by atoms with Crippen LogP contribution in [0.2, 0.25) is 0 Å². The molecule has 0 saturated heterocycles. The number of hydrogen-bond donors (Lipinski definition) is 1. The Labute approximate surface area is 137 Å². The van der Waals surface area contributed by atoms with Gasteiger partial charge in [0.25, 0.3) is 0 Å². The summed E-state index contributed by atoms with van der Waals surface area (Å²) < 4.78 is 5.23. The molecule has 0 unspecified atom stereocenters. The topological polar surface area (TPSA) is 84.4 Å². The molecule has 3 rings (SSSR count). The van der Waals surface area contributed by atoms with Crippen LogP contribution in [0.25, 0.3) is 0 Å². The number of rotatable bonds is 4. The smallest absolute Gasteiger partial charge is 0.331 e. The van der Waals surface area contributed by atoms with Crippen molar-refractivity contribution in [1.29, 1.82) is 0 Å². The van der Waals surface area contributed by atoms with Crippen LogP contribution in [0.15, 0.2) is 18.2 Å². The molecule has 1 aromatic carbocycles. The molecule has 0 fully saturated rings. The fraction of sp³-hybridized carbons (Fsp3) is 0.333. The van der Waals surface area contributed by atoms with E-state index in [1.165, 1.54) is 11.3 Å². The number of nitrogens with one attached hydrogen (secondary N) is 1. The number of esters is 1. The summed E-state index contributed by atoms with van der Waals surface area (Å²) in [6.45, 7) is 3.98. The first-order valence-corrected chi connectivity index (χ1v) is 8.05. The number of fused-ring (bicyclic) bond motifs is 1. The Bertz CT molecular complexity index is 759. The molecule has 1 aliphatic rings. The third-order valence-electron chi connectivity index (χ3n) is 3.35. The van der Waals surface area contributed by atoms with Gasteiger partial charge in [-0.2, -0.15) is 0 Å². The molecule has 0 spiro atoms. The molecule has 0 aliphatic carbocycles. The summed E-state index contributed by atoms with van der Waals surface area (Å²) in [5, 5.41) is 11.9. The van der Waals surface area contributed by atoms with Crippen molar-refractivity contribution < 1.29 is 14.3 Å². The first-order valence-electron chi connectivity index (χ1n) is 7.23. The Balaban J connectivity index is 1.72. The van der Waals surface area contributed by atoms with Crippen molar-refractivity contribution in [1.82, 2.24) is 10.2 Å². The lowest BCUT2D eigenvalue weighted by Gasteiger charge is -2.29. The predicted molar refractivity (Wildman–Crippen MR) is 86.9 cm³/mol. The van der Waals surface area contributed by atoms with E-state index >= 15 is 0 Å². The van der Waals surface area contributed by atoms with Crippen LogP contribution in [0.1, 0.15) is 17.5 Å². The molecular formula is C15H16N4O3S. The highest BCUT2D eigenvalue weighted by Crippen LogP contribution is 2.32. The molecule has 0 atom stereocenters. The zero-order valence-electron chi connectivity index (χ0n) is 12.8. The largest absolute Gasteiger partial charge is 0.423 e. The van der Waals surface area contributed by atoms with Crippen LogP contribution in [-0.2, 0) is 16.0 Å². The van der Waals surface area contributed by atoms with Gasteiger partial charge in [0.15, 0.2) is 5.75 Å². The summed E-state index contributed by atoms with van der Waals surface area (Å²) in [6, 6.07) is 5.56. The van der Waals surface area contributed by atoms with Crippen LogP contribution in [0.3, 0.4) is 0 Å². The molecule has 1 amide bonds. The lowest BCUT2D eigenvalue weighted by molar-refractivity contribution is -0.133. The van der Waals surface area contributed by atoms with E-state index in [4.69, 9.17) is 4.74 Å². The van der Waals surface area contributed by atoms with E-state index in [0.717, 1.165) is 22.7 Å². The lowest BCUT2D eigenvalue weighted by atomic mass is 10.1. The minimum Gasteiger partial charge on any atom is -0.423 e. The molecule has 2 aromatic rings. The van der Waals surface area contributed by atoms with Crippen LogP contribution in [-0.4, -0.2) is 35.2 Å². The highest BCUT2D eigenvalue weighted by molar-refractivity contribution is 7.15. The third kappa shape index (κ3) is 3.48. The van der Waals surface area contributed by atoms with Gasteiger partial charge < -0.3 is 9.64 Å². The van der Waals surface area contributed by atoms with Gasteiger partial charge in [0.1, 0.15) is 11.6 Å². The van der Waals surface area contributed by atoms with Crippen molar-refractivity contribution >= 4 is 34.0 Å². The number of nitrogens with zero attached hydrogens (tertiary/aromatic N) is 3. The van der Waals surface area contributed by atoms with E-state index in [9.17, 15) is 9.59 Å². The van der Waals surface area contributed by atoms with Crippen molar-refractivity contribution in [2.24, 2.45) is 0 Å². The van der Waals surface area contributed by atoms with E-state index in [-0.39, 0.29) is 25.0 Å². The number of aryl methyl sites for hydroxylation is 2. The van der Waals surface area contributed by atoms with Crippen LogP contribution in [0.5, 0.6) is 5.75 Å². The zero-order valence-corrected chi connectivity index (χ0v) is 13.6. The van der Waals surface area contributed by atoms with Gasteiger partial charge in [-0.05, 0) is 31.0 Å². The highest BCUT2D eigenvalue weighted by atomic mass is 32.1. The molecule has 2 heterocycles. The van der Waals surface area contributed by atoms with E-state index in [0.29, 0.717) is 10.9 Å². The van der Waals surface area contributed by atoms with Gasteiger partial charge >= 0.3 is 5.97 Å². The number of ether oxygens (including phenoxy) is 1. The molecule has 7 nitrogen and oxygen atoms in total. The summed E-state index contributed by atoms with van der Waals surface area (Å²) >= 11 is 1.35. The molecular weight excluding hydrogens is 316 g/mol. The molecule has 1 aliphatic heterocycles. The molecule has 0 bridgehead atoms.